The second-order valence-corrected chi connectivity index (χ2v) is 10.8. The van der Waals surface area contributed by atoms with Gasteiger partial charge in [0.1, 0.15) is 17.2 Å². The quantitative estimate of drug-likeness (QED) is 0.287. The van der Waals surface area contributed by atoms with Crippen molar-refractivity contribution in [2.24, 2.45) is 0 Å². The van der Waals surface area contributed by atoms with Gasteiger partial charge >= 0.3 is 6.09 Å². The largest absolute Gasteiger partial charge is 0.444 e. The molecule has 5 nitrogen and oxygen atoms in total. The molecule has 36 heavy (non-hydrogen) atoms. The van der Waals surface area contributed by atoms with E-state index in [-0.39, 0.29) is 11.6 Å². The Bertz CT molecular complexity index is 1410. The van der Waals surface area contributed by atoms with E-state index >= 15 is 0 Å². The third-order valence-corrected chi connectivity index (χ3v) is 6.33. The lowest BCUT2D eigenvalue weighted by Gasteiger charge is -2.24. The van der Waals surface area contributed by atoms with Crippen LogP contribution in [-0.2, 0) is 11.3 Å². The fourth-order valence-electron chi connectivity index (χ4n) is 3.72. The normalized spacial score (nSPS) is 11.5. The Balaban J connectivity index is 1.70. The molecule has 4 rings (SSSR count). The Labute approximate surface area is 214 Å². The fourth-order valence-corrected chi connectivity index (χ4v) is 4.68. The molecule has 1 N–H and O–H groups in total. The minimum absolute atomic E-state index is 0.321. The van der Waals surface area contributed by atoms with Gasteiger partial charge in [-0.2, -0.15) is 0 Å². The van der Waals surface area contributed by atoms with Crippen molar-refractivity contribution < 1.29 is 18.3 Å². The van der Waals surface area contributed by atoms with Crippen molar-refractivity contribution in [2.75, 3.05) is 12.4 Å². The Morgan fingerprint density at radius 3 is 2.56 bits per heavy atom. The first-order valence-corrected chi connectivity index (χ1v) is 12.3. The maximum Gasteiger partial charge on any atom is 0.410 e. The smallest absolute Gasteiger partial charge is 0.410 e. The summed E-state index contributed by atoms with van der Waals surface area (Å²) in [5.74, 6) is -0.655. The predicted molar refractivity (Wildman–Crippen MR) is 142 cm³/mol. The SMILES string of the molecule is Cc1ccc(Nc2ccc3c(CN(C)C(=O)OC(C)(C)C)cn(Sc4cccc(F)c4)c3c2)c(F)c1. The van der Waals surface area contributed by atoms with Gasteiger partial charge in [-0.05, 0) is 93.2 Å². The maximum atomic E-state index is 14.4. The van der Waals surface area contributed by atoms with Crippen molar-refractivity contribution in [3.63, 3.8) is 0 Å². The van der Waals surface area contributed by atoms with Gasteiger partial charge in [0.05, 0.1) is 17.7 Å². The van der Waals surface area contributed by atoms with Crippen LogP contribution in [0.4, 0.5) is 25.0 Å². The van der Waals surface area contributed by atoms with Crippen molar-refractivity contribution in [1.29, 1.82) is 0 Å². The third kappa shape index (κ3) is 6.18. The molecule has 0 saturated heterocycles. The highest BCUT2D eigenvalue weighted by Crippen LogP contribution is 2.33. The van der Waals surface area contributed by atoms with Gasteiger partial charge in [-0.3, -0.25) is 3.97 Å². The summed E-state index contributed by atoms with van der Waals surface area (Å²) in [5.41, 5.74) is 3.06. The van der Waals surface area contributed by atoms with E-state index in [0.29, 0.717) is 17.9 Å². The molecule has 4 aromatic rings. The number of aryl methyl sites for hydroxylation is 1. The summed E-state index contributed by atoms with van der Waals surface area (Å²) in [4.78, 5) is 14.8. The van der Waals surface area contributed by atoms with Gasteiger partial charge in [0.2, 0.25) is 0 Å². The Hall–Kier alpha value is -3.52. The number of nitrogens with one attached hydrogen (secondary N) is 1. The molecule has 0 aliphatic rings. The number of carbonyl (C=O) groups is 1. The number of hydrogen-bond acceptors (Lipinski definition) is 4. The monoisotopic (exact) mass is 509 g/mol. The Morgan fingerprint density at radius 1 is 1.08 bits per heavy atom. The second-order valence-electron chi connectivity index (χ2n) is 9.71. The minimum atomic E-state index is -0.599. The van der Waals surface area contributed by atoms with E-state index in [1.807, 2.05) is 68.2 Å². The fraction of sp³-hybridized carbons (Fsp3) is 0.250. The second kappa shape index (κ2) is 10.2. The lowest BCUT2D eigenvalue weighted by molar-refractivity contribution is 0.0286. The number of fused-ring (bicyclic) bond motifs is 1. The van der Waals surface area contributed by atoms with Crippen molar-refractivity contribution in [1.82, 2.24) is 8.87 Å². The van der Waals surface area contributed by atoms with Crippen molar-refractivity contribution in [2.45, 2.75) is 44.7 Å². The van der Waals surface area contributed by atoms with Crippen molar-refractivity contribution in [3.8, 4) is 0 Å². The van der Waals surface area contributed by atoms with E-state index in [1.165, 1.54) is 35.0 Å². The van der Waals surface area contributed by atoms with E-state index in [9.17, 15) is 13.6 Å². The first kappa shape index (κ1) is 25.6. The predicted octanol–water partition coefficient (Wildman–Crippen LogP) is 7.89. The van der Waals surface area contributed by atoms with Crippen LogP contribution in [0, 0.1) is 18.6 Å². The minimum Gasteiger partial charge on any atom is -0.444 e. The number of nitrogens with zero attached hydrogens (tertiary/aromatic N) is 2. The molecule has 0 bridgehead atoms. The number of hydrogen-bond donors (Lipinski definition) is 1. The lowest BCUT2D eigenvalue weighted by Crippen LogP contribution is -2.33. The number of benzene rings is 3. The van der Waals surface area contributed by atoms with Crippen LogP contribution in [0.2, 0.25) is 0 Å². The first-order chi connectivity index (χ1) is 17.0. The number of halogens is 2. The Morgan fingerprint density at radius 2 is 1.86 bits per heavy atom. The number of ether oxygens (including phenoxy) is 1. The average Bonchev–Trinajstić information content (AvgIpc) is 3.11. The summed E-state index contributed by atoms with van der Waals surface area (Å²) in [5, 5.41) is 4.06. The molecule has 0 spiro atoms. The van der Waals surface area contributed by atoms with Gasteiger partial charge in [0.15, 0.2) is 0 Å². The van der Waals surface area contributed by atoms with Gasteiger partial charge in [-0.1, -0.05) is 18.2 Å². The molecule has 3 aromatic carbocycles. The molecule has 1 amide bonds. The molecular formula is C28H29F2N3O2S. The van der Waals surface area contributed by atoms with Crippen LogP contribution < -0.4 is 5.32 Å². The molecule has 0 aliphatic carbocycles. The van der Waals surface area contributed by atoms with Gasteiger partial charge < -0.3 is 15.0 Å². The zero-order chi connectivity index (χ0) is 26.0. The summed E-state index contributed by atoms with van der Waals surface area (Å²) in [6.07, 6.45) is 1.51. The number of anilines is 2. The zero-order valence-corrected chi connectivity index (χ0v) is 21.7. The average molecular weight is 510 g/mol. The molecule has 1 aromatic heterocycles. The Kier molecular flexibility index (Phi) is 7.26. The summed E-state index contributed by atoms with van der Waals surface area (Å²) in [6.45, 7) is 7.63. The highest BCUT2D eigenvalue weighted by atomic mass is 32.2. The molecule has 8 heteroatoms. The van der Waals surface area contributed by atoms with Gasteiger partial charge in [-0.25, -0.2) is 13.6 Å². The van der Waals surface area contributed by atoms with E-state index in [2.05, 4.69) is 5.32 Å². The van der Waals surface area contributed by atoms with Crippen LogP contribution in [0.5, 0.6) is 0 Å². The molecule has 0 fully saturated rings. The summed E-state index contributed by atoms with van der Waals surface area (Å²) >= 11 is 1.36. The van der Waals surface area contributed by atoms with E-state index in [4.69, 9.17) is 4.74 Å². The van der Waals surface area contributed by atoms with Crippen LogP contribution in [0.15, 0.2) is 71.8 Å². The highest BCUT2D eigenvalue weighted by molar-refractivity contribution is 7.98. The zero-order valence-electron chi connectivity index (χ0n) is 20.9. The summed E-state index contributed by atoms with van der Waals surface area (Å²) in [7, 11) is 1.69. The van der Waals surface area contributed by atoms with Crippen LogP contribution in [0.1, 0.15) is 31.9 Å². The molecule has 0 saturated carbocycles. The number of rotatable bonds is 6. The van der Waals surface area contributed by atoms with E-state index in [0.717, 1.165) is 26.9 Å². The maximum absolute atomic E-state index is 14.4. The van der Waals surface area contributed by atoms with Crippen LogP contribution in [0.3, 0.4) is 0 Å². The van der Waals surface area contributed by atoms with Gasteiger partial charge in [0.25, 0.3) is 0 Å². The topological polar surface area (TPSA) is 46.5 Å². The van der Waals surface area contributed by atoms with Crippen LogP contribution in [-0.4, -0.2) is 27.6 Å². The highest BCUT2D eigenvalue weighted by Gasteiger charge is 2.21. The van der Waals surface area contributed by atoms with E-state index < -0.39 is 11.7 Å². The standard InChI is InChI=1S/C28H29F2N3O2S/c1-18-9-12-25(24(30)13-18)31-21-10-11-23-19(16-32(5)27(34)35-28(2,3)4)17-33(26(23)15-21)36-22-8-6-7-20(29)14-22/h6-15,17,31H,16H2,1-5H3. The van der Waals surface area contributed by atoms with Crippen molar-refractivity contribution in [3.05, 3.63) is 89.6 Å². The van der Waals surface area contributed by atoms with Crippen LogP contribution >= 0.6 is 11.9 Å². The van der Waals surface area contributed by atoms with Gasteiger partial charge in [-0.15, -0.1) is 0 Å². The number of carbonyl (C=O) groups excluding carboxylic acids is 1. The molecule has 1 heterocycles. The summed E-state index contributed by atoms with van der Waals surface area (Å²) in [6, 6.07) is 17.1. The van der Waals surface area contributed by atoms with Gasteiger partial charge in [0, 0.05) is 29.2 Å². The molecule has 0 aliphatic heterocycles. The molecule has 0 atom stereocenters. The molecule has 0 unspecified atom stereocenters. The molecule has 0 radical (unpaired) electrons. The molecule has 188 valence electrons. The van der Waals surface area contributed by atoms with Crippen LogP contribution in [0.25, 0.3) is 10.9 Å². The lowest BCUT2D eigenvalue weighted by atomic mass is 10.1. The van der Waals surface area contributed by atoms with E-state index in [1.54, 1.807) is 19.2 Å². The van der Waals surface area contributed by atoms with Crippen molar-refractivity contribution >= 4 is 40.3 Å². The third-order valence-electron chi connectivity index (χ3n) is 5.37. The number of aromatic nitrogens is 1. The molecular weight excluding hydrogens is 480 g/mol. The number of amides is 1. The first-order valence-electron chi connectivity index (χ1n) is 11.5. The summed E-state index contributed by atoms with van der Waals surface area (Å²) < 4.78 is 35.7.